The number of alkyl halides is 3. The van der Waals surface area contributed by atoms with Crippen molar-refractivity contribution in [2.45, 2.75) is 19.5 Å². The van der Waals surface area contributed by atoms with Gasteiger partial charge in [0.25, 0.3) is 5.91 Å². The first-order valence-corrected chi connectivity index (χ1v) is 7.66. The molecule has 0 saturated carbocycles. The van der Waals surface area contributed by atoms with E-state index in [0.29, 0.717) is 9.13 Å². The fourth-order valence-corrected chi connectivity index (χ4v) is 2.44. The average molecular weight is 419 g/mol. The summed E-state index contributed by atoms with van der Waals surface area (Å²) in [5, 5.41) is 2.34. The zero-order valence-electron chi connectivity index (χ0n) is 11.7. The van der Waals surface area contributed by atoms with Crippen LogP contribution in [0.5, 0.6) is 0 Å². The molecular formula is C16H13F3INO. The summed E-state index contributed by atoms with van der Waals surface area (Å²) in [5.41, 5.74) is 0.293. The van der Waals surface area contributed by atoms with Crippen LogP contribution >= 0.6 is 22.6 Å². The summed E-state index contributed by atoms with van der Waals surface area (Å²) in [6.07, 6.45) is -3.69. The van der Waals surface area contributed by atoms with Gasteiger partial charge in [-0.1, -0.05) is 19.1 Å². The Morgan fingerprint density at radius 1 is 1.14 bits per heavy atom. The number of carbonyl (C=O) groups is 1. The standard InChI is InChI=1S/C16H13F3INO/c1-2-10-3-5-11(6-4-10)15(22)21-14-8-7-12(20)9-13(14)16(17,18)19/h3-9H,2H2,1H3,(H,21,22). The van der Waals surface area contributed by atoms with Crippen LogP contribution in [0.1, 0.15) is 28.4 Å². The number of anilines is 1. The summed E-state index contributed by atoms with van der Waals surface area (Å²) in [6.45, 7) is 1.98. The van der Waals surface area contributed by atoms with Gasteiger partial charge in [0.05, 0.1) is 11.3 Å². The van der Waals surface area contributed by atoms with E-state index < -0.39 is 17.6 Å². The van der Waals surface area contributed by atoms with Gasteiger partial charge in [0.15, 0.2) is 0 Å². The number of amides is 1. The number of aryl methyl sites for hydroxylation is 1. The lowest BCUT2D eigenvalue weighted by molar-refractivity contribution is -0.137. The monoisotopic (exact) mass is 419 g/mol. The van der Waals surface area contributed by atoms with Crippen LogP contribution in [0, 0.1) is 3.57 Å². The largest absolute Gasteiger partial charge is 0.418 e. The zero-order valence-corrected chi connectivity index (χ0v) is 13.8. The number of rotatable bonds is 3. The Morgan fingerprint density at radius 3 is 2.32 bits per heavy atom. The van der Waals surface area contributed by atoms with Crippen LogP contribution < -0.4 is 5.32 Å². The Labute approximate surface area is 139 Å². The van der Waals surface area contributed by atoms with Gasteiger partial charge in [-0.2, -0.15) is 13.2 Å². The maximum atomic E-state index is 13.0. The molecule has 0 aliphatic heterocycles. The lowest BCUT2D eigenvalue weighted by atomic mass is 10.1. The second kappa shape index (κ2) is 6.68. The molecule has 0 fully saturated rings. The third kappa shape index (κ3) is 4.00. The number of carbonyl (C=O) groups excluding carboxylic acids is 1. The lowest BCUT2D eigenvalue weighted by Gasteiger charge is -2.14. The normalized spacial score (nSPS) is 11.3. The smallest absolute Gasteiger partial charge is 0.321 e. The Morgan fingerprint density at radius 2 is 1.77 bits per heavy atom. The van der Waals surface area contributed by atoms with Crippen LogP contribution in [0.3, 0.4) is 0 Å². The maximum Gasteiger partial charge on any atom is 0.418 e. The highest BCUT2D eigenvalue weighted by atomic mass is 127. The first-order chi connectivity index (χ1) is 10.3. The number of halogens is 4. The van der Waals surface area contributed by atoms with Crippen molar-refractivity contribution in [3.05, 3.63) is 62.7 Å². The Balaban J connectivity index is 2.28. The van der Waals surface area contributed by atoms with E-state index in [4.69, 9.17) is 0 Å². The fourth-order valence-electron chi connectivity index (χ4n) is 1.95. The van der Waals surface area contributed by atoms with Gasteiger partial charge in [-0.25, -0.2) is 0 Å². The molecule has 2 aromatic carbocycles. The summed E-state index contributed by atoms with van der Waals surface area (Å²) < 4.78 is 39.5. The van der Waals surface area contributed by atoms with Gasteiger partial charge in [0.1, 0.15) is 0 Å². The fraction of sp³-hybridized carbons (Fsp3) is 0.188. The Hall–Kier alpha value is -1.57. The summed E-state index contributed by atoms with van der Waals surface area (Å²) in [4.78, 5) is 12.1. The number of nitrogens with one attached hydrogen (secondary N) is 1. The van der Waals surface area contributed by atoms with Crippen LogP contribution in [-0.4, -0.2) is 5.91 Å². The molecule has 1 N–H and O–H groups in total. The molecule has 0 spiro atoms. The molecule has 0 aromatic heterocycles. The van der Waals surface area contributed by atoms with Gasteiger partial charge < -0.3 is 5.32 Å². The summed E-state index contributed by atoms with van der Waals surface area (Å²) >= 11 is 1.80. The van der Waals surface area contributed by atoms with Crippen LogP contribution in [0.4, 0.5) is 18.9 Å². The highest BCUT2D eigenvalue weighted by Gasteiger charge is 2.34. The molecule has 1 amide bonds. The highest BCUT2D eigenvalue weighted by molar-refractivity contribution is 14.1. The van der Waals surface area contributed by atoms with Crippen molar-refractivity contribution in [3.8, 4) is 0 Å². The minimum Gasteiger partial charge on any atom is -0.321 e. The molecule has 0 heterocycles. The van der Waals surface area contributed by atoms with E-state index in [1.54, 1.807) is 46.9 Å². The van der Waals surface area contributed by atoms with Crippen LogP contribution in [-0.2, 0) is 12.6 Å². The van der Waals surface area contributed by atoms with E-state index in [-0.39, 0.29) is 5.69 Å². The predicted molar refractivity (Wildman–Crippen MR) is 87.9 cm³/mol. The van der Waals surface area contributed by atoms with Gasteiger partial charge in [0.2, 0.25) is 0 Å². The number of hydrogen-bond acceptors (Lipinski definition) is 1. The van der Waals surface area contributed by atoms with Crippen LogP contribution in [0.25, 0.3) is 0 Å². The highest BCUT2D eigenvalue weighted by Crippen LogP contribution is 2.36. The molecule has 0 bridgehead atoms. The minimum absolute atomic E-state index is 0.238. The molecule has 0 radical (unpaired) electrons. The third-order valence-electron chi connectivity index (χ3n) is 3.16. The molecule has 116 valence electrons. The zero-order chi connectivity index (χ0) is 16.3. The Bertz CT molecular complexity index is 681. The molecule has 0 unspecified atom stereocenters. The van der Waals surface area contributed by atoms with Crippen molar-refractivity contribution in [3.63, 3.8) is 0 Å². The Kier molecular flexibility index (Phi) is 5.10. The quantitative estimate of drug-likeness (QED) is 0.688. The molecule has 2 aromatic rings. The maximum absolute atomic E-state index is 13.0. The van der Waals surface area contributed by atoms with E-state index in [2.05, 4.69) is 5.32 Å². The molecule has 0 aliphatic carbocycles. The van der Waals surface area contributed by atoms with Crippen molar-refractivity contribution >= 4 is 34.2 Å². The summed E-state index contributed by atoms with van der Waals surface area (Å²) in [5.74, 6) is -0.561. The van der Waals surface area contributed by atoms with Crippen molar-refractivity contribution in [1.29, 1.82) is 0 Å². The molecule has 0 atom stereocenters. The molecule has 2 rings (SSSR count). The second-order valence-corrected chi connectivity index (χ2v) is 5.94. The first-order valence-electron chi connectivity index (χ1n) is 6.58. The second-order valence-electron chi connectivity index (χ2n) is 4.69. The summed E-state index contributed by atoms with van der Waals surface area (Å²) in [6, 6.07) is 10.6. The van der Waals surface area contributed by atoms with Crippen LogP contribution in [0.2, 0.25) is 0 Å². The van der Waals surface area contributed by atoms with Gasteiger partial charge in [-0.05, 0) is 64.9 Å². The van der Waals surface area contributed by atoms with Crippen molar-refractivity contribution in [2.75, 3.05) is 5.32 Å². The van der Waals surface area contributed by atoms with Crippen molar-refractivity contribution in [2.24, 2.45) is 0 Å². The molecule has 6 heteroatoms. The number of benzene rings is 2. The van der Waals surface area contributed by atoms with E-state index in [1.807, 2.05) is 6.92 Å². The van der Waals surface area contributed by atoms with E-state index in [0.717, 1.165) is 18.1 Å². The van der Waals surface area contributed by atoms with Crippen LogP contribution in [0.15, 0.2) is 42.5 Å². The van der Waals surface area contributed by atoms with Crippen molar-refractivity contribution < 1.29 is 18.0 Å². The third-order valence-corrected chi connectivity index (χ3v) is 3.83. The topological polar surface area (TPSA) is 29.1 Å². The molecule has 0 aliphatic rings. The average Bonchev–Trinajstić information content (AvgIpc) is 2.48. The summed E-state index contributed by atoms with van der Waals surface area (Å²) in [7, 11) is 0. The SMILES string of the molecule is CCc1ccc(C(=O)Nc2ccc(I)cc2C(F)(F)F)cc1. The predicted octanol–water partition coefficient (Wildman–Crippen LogP) is 5.12. The number of hydrogen-bond donors (Lipinski definition) is 1. The molecule has 0 saturated heterocycles. The minimum atomic E-state index is -4.52. The molecular weight excluding hydrogens is 406 g/mol. The first kappa shape index (κ1) is 16.8. The van der Waals surface area contributed by atoms with Gasteiger partial charge >= 0.3 is 6.18 Å². The van der Waals surface area contributed by atoms with E-state index >= 15 is 0 Å². The molecule has 2 nitrogen and oxygen atoms in total. The van der Waals surface area contributed by atoms with Crippen molar-refractivity contribution in [1.82, 2.24) is 0 Å². The van der Waals surface area contributed by atoms with Gasteiger partial charge in [-0.3, -0.25) is 4.79 Å². The molecule has 22 heavy (non-hydrogen) atoms. The van der Waals surface area contributed by atoms with Gasteiger partial charge in [-0.15, -0.1) is 0 Å². The lowest BCUT2D eigenvalue weighted by Crippen LogP contribution is -2.16. The van der Waals surface area contributed by atoms with E-state index in [1.165, 1.54) is 12.1 Å². The van der Waals surface area contributed by atoms with E-state index in [9.17, 15) is 18.0 Å². The van der Waals surface area contributed by atoms with Gasteiger partial charge in [0, 0.05) is 9.13 Å².